The number of hydrogen-bond acceptors (Lipinski definition) is 5. The van der Waals surface area contributed by atoms with Crippen LogP contribution < -0.4 is 4.90 Å². The van der Waals surface area contributed by atoms with Gasteiger partial charge in [-0.15, -0.1) is 0 Å². The zero-order valence-corrected chi connectivity index (χ0v) is 14.6. The van der Waals surface area contributed by atoms with Crippen molar-refractivity contribution in [3.63, 3.8) is 0 Å². The minimum Gasteiger partial charge on any atom is -0.368 e. The Kier molecular flexibility index (Phi) is 4.53. The van der Waals surface area contributed by atoms with Gasteiger partial charge in [0.25, 0.3) is 5.91 Å². The van der Waals surface area contributed by atoms with Crippen LogP contribution in [0.5, 0.6) is 0 Å². The van der Waals surface area contributed by atoms with Crippen molar-refractivity contribution in [3.05, 3.63) is 41.5 Å². The van der Waals surface area contributed by atoms with Crippen molar-refractivity contribution in [2.24, 2.45) is 7.05 Å². The summed E-state index contributed by atoms with van der Waals surface area (Å²) in [7, 11) is 5.71. The van der Waals surface area contributed by atoms with Gasteiger partial charge in [-0.2, -0.15) is 0 Å². The Morgan fingerprint density at radius 3 is 2.79 bits per heavy atom. The first-order valence-electron chi connectivity index (χ1n) is 8.01. The van der Waals surface area contributed by atoms with Gasteiger partial charge in [0.15, 0.2) is 0 Å². The van der Waals surface area contributed by atoms with Crippen LogP contribution in [0.3, 0.4) is 0 Å². The fraction of sp³-hybridized carbons (Fsp3) is 0.471. The Bertz CT molecular complexity index is 740. The predicted molar refractivity (Wildman–Crippen MR) is 91.1 cm³/mol. The molecule has 1 unspecified atom stereocenters. The van der Waals surface area contributed by atoms with Gasteiger partial charge in [-0.1, -0.05) is 0 Å². The summed E-state index contributed by atoms with van der Waals surface area (Å²) in [6, 6.07) is 5.67. The first-order chi connectivity index (χ1) is 11.5. The molecule has 7 heteroatoms. The summed E-state index contributed by atoms with van der Waals surface area (Å²) in [6.07, 6.45) is 1.49. The molecule has 0 saturated carbocycles. The number of carbonyl (C=O) groups excluding carboxylic acids is 1. The lowest BCUT2D eigenvalue weighted by atomic mass is 10.2. The first-order valence-corrected chi connectivity index (χ1v) is 8.01. The highest BCUT2D eigenvalue weighted by Crippen LogP contribution is 2.23. The van der Waals surface area contributed by atoms with Gasteiger partial charge in [0, 0.05) is 39.6 Å². The first kappa shape index (κ1) is 16.4. The van der Waals surface area contributed by atoms with Gasteiger partial charge in [-0.3, -0.25) is 4.79 Å². The normalized spacial score (nSPS) is 17.8. The van der Waals surface area contributed by atoms with Crippen molar-refractivity contribution in [3.8, 4) is 0 Å². The third-order valence-electron chi connectivity index (χ3n) is 4.34. The highest BCUT2D eigenvalue weighted by molar-refractivity contribution is 5.93. The molecule has 0 bridgehead atoms. The number of aromatic nitrogens is 3. The van der Waals surface area contributed by atoms with Crippen molar-refractivity contribution in [2.75, 3.05) is 38.7 Å². The highest BCUT2D eigenvalue weighted by Gasteiger charge is 2.28. The fourth-order valence-electron chi connectivity index (χ4n) is 2.76. The number of anilines is 1. The van der Waals surface area contributed by atoms with Crippen LogP contribution in [0.15, 0.2) is 24.4 Å². The molecule has 1 fully saturated rings. The summed E-state index contributed by atoms with van der Waals surface area (Å²) in [6.45, 7) is 3.57. The van der Waals surface area contributed by atoms with Crippen molar-refractivity contribution >= 4 is 11.9 Å². The Balaban J connectivity index is 1.78. The molecule has 0 aliphatic carbocycles. The van der Waals surface area contributed by atoms with Crippen LogP contribution in [-0.2, 0) is 11.8 Å². The highest BCUT2D eigenvalue weighted by atomic mass is 16.5. The number of rotatable bonds is 3. The standard InChI is InChI=1S/C17H23N5O2/c1-12-5-6-14(21(12)4)16(23)22-9-10-24-15(11-22)13-7-8-18-17(19-13)20(2)3/h5-8,15H,9-11H2,1-4H3. The van der Waals surface area contributed by atoms with E-state index in [-0.39, 0.29) is 12.0 Å². The number of morpholine rings is 1. The number of hydrogen-bond donors (Lipinski definition) is 0. The van der Waals surface area contributed by atoms with Crippen molar-refractivity contribution in [1.29, 1.82) is 0 Å². The molecule has 2 aromatic rings. The van der Waals surface area contributed by atoms with Gasteiger partial charge in [0.2, 0.25) is 5.95 Å². The topological polar surface area (TPSA) is 63.5 Å². The lowest BCUT2D eigenvalue weighted by Crippen LogP contribution is -2.43. The Morgan fingerprint density at radius 2 is 2.12 bits per heavy atom. The zero-order valence-electron chi connectivity index (χ0n) is 14.6. The maximum absolute atomic E-state index is 12.8. The molecule has 0 N–H and O–H groups in total. The van der Waals surface area contributed by atoms with Gasteiger partial charge in [0.05, 0.1) is 18.8 Å². The van der Waals surface area contributed by atoms with Crippen LogP contribution in [0.25, 0.3) is 0 Å². The molecule has 0 aromatic carbocycles. The molecule has 0 spiro atoms. The van der Waals surface area contributed by atoms with E-state index in [1.807, 2.05) is 60.6 Å². The number of nitrogens with zero attached hydrogens (tertiary/aromatic N) is 5. The second-order valence-corrected chi connectivity index (χ2v) is 6.21. The molecule has 3 rings (SSSR count). The quantitative estimate of drug-likeness (QED) is 0.852. The minimum atomic E-state index is -0.231. The van der Waals surface area contributed by atoms with Crippen LogP contribution in [0.2, 0.25) is 0 Å². The summed E-state index contributed by atoms with van der Waals surface area (Å²) in [5.41, 5.74) is 2.56. The average molecular weight is 329 g/mol. The van der Waals surface area contributed by atoms with Gasteiger partial charge < -0.3 is 19.1 Å². The fourth-order valence-corrected chi connectivity index (χ4v) is 2.76. The zero-order chi connectivity index (χ0) is 17.3. The number of ether oxygens (including phenoxy) is 1. The van der Waals surface area contributed by atoms with Crippen molar-refractivity contribution in [2.45, 2.75) is 13.0 Å². The molecule has 1 aliphatic heterocycles. The molecule has 1 atom stereocenters. The van der Waals surface area contributed by atoms with E-state index in [9.17, 15) is 4.79 Å². The molecule has 128 valence electrons. The number of amides is 1. The van der Waals surface area contributed by atoms with E-state index >= 15 is 0 Å². The Labute approximate surface area is 141 Å². The second-order valence-electron chi connectivity index (χ2n) is 6.21. The molecule has 2 aromatic heterocycles. The van der Waals surface area contributed by atoms with Gasteiger partial charge >= 0.3 is 0 Å². The molecule has 24 heavy (non-hydrogen) atoms. The molecule has 3 heterocycles. The summed E-state index contributed by atoms with van der Waals surface area (Å²) in [5, 5.41) is 0. The average Bonchev–Trinajstić information content (AvgIpc) is 2.93. The van der Waals surface area contributed by atoms with Crippen LogP contribution in [0.1, 0.15) is 28.0 Å². The van der Waals surface area contributed by atoms with E-state index in [0.29, 0.717) is 31.3 Å². The molecule has 0 radical (unpaired) electrons. The summed E-state index contributed by atoms with van der Waals surface area (Å²) < 4.78 is 7.76. The summed E-state index contributed by atoms with van der Waals surface area (Å²) >= 11 is 0. The van der Waals surface area contributed by atoms with E-state index in [0.717, 1.165) is 11.4 Å². The van der Waals surface area contributed by atoms with Crippen LogP contribution >= 0.6 is 0 Å². The maximum atomic E-state index is 12.8. The molecule has 7 nitrogen and oxygen atoms in total. The Hall–Kier alpha value is -2.41. The van der Waals surface area contributed by atoms with Gasteiger partial charge in [-0.05, 0) is 25.1 Å². The van der Waals surface area contributed by atoms with E-state index < -0.39 is 0 Å². The summed E-state index contributed by atoms with van der Waals surface area (Å²) in [4.78, 5) is 25.2. The Morgan fingerprint density at radius 1 is 1.33 bits per heavy atom. The summed E-state index contributed by atoms with van der Waals surface area (Å²) in [5.74, 6) is 0.665. The van der Waals surface area contributed by atoms with E-state index in [4.69, 9.17) is 4.74 Å². The maximum Gasteiger partial charge on any atom is 0.270 e. The van der Waals surface area contributed by atoms with Crippen LogP contribution in [0, 0.1) is 6.92 Å². The predicted octanol–water partition coefficient (Wildman–Crippen LogP) is 1.40. The van der Waals surface area contributed by atoms with Crippen LogP contribution in [0.4, 0.5) is 5.95 Å². The molecule has 1 amide bonds. The third kappa shape index (κ3) is 3.12. The van der Waals surface area contributed by atoms with E-state index in [2.05, 4.69) is 9.97 Å². The lowest BCUT2D eigenvalue weighted by Gasteiger charge is -2.33. The van der Waals surface area contributed by atoms with Crippen molar-refractivity contribution in [1.82, 2.24) is 19.4 Å². The van der Waals surface area contributed by atoms with Gasteiger partial charge in [0.1, 0.15) is 11.8 Å². The second kappa shape index (κ2) is 6.60. The molecule has 1 saturated heterocycles. The van der Waals surface area contributed by atoms with Gasteiger partial charge in [-0.25, -0.2) is 9.97 Å². The van der Waals surface area contributed by atoms with E-state index in [1.165, 1.54) is 0 Å². The number of carbonyl (C=O) groups is 1. The molecular weight excluding hydrogens is 306 g/mol. The minimum absolute atomic E-state index is 0.0285. The lowest BCUT2D eigenvalue weighted by molar-refractivity contribution is -0.0250. The number of aryl methyl sites for hydroxylation is 1. The molecular formula is C17H23N5O2. The van der Waals surface area contributed by atoms with Crippen molar-refractivity contribution < 1.29 is 9.53 Å². The van der Waals surface area contributed by atoms with Crippen LogP contribution in [-0.4, -0.2) is 59.1 Å². The van der Waals surface area contributed by atoms with E-state index in [1.54, 1.807) is 6.20 Å². The molecule has 1 aliphatic rings. The monoisotopic (exact) mass is 329 g/mol. The largest absolute Gasteiger partial charge is 0.368 e. The smallest absolute Gasteiger partial charge is 0.270 e. The SMILES string of the molecule is Cc1ccc(C(=O)N2CCOC(c3ccnc(N(C)C)n3)C2)n1C. The third-order valence-corrected chi connectivity index (χ3v) is 4.34.